The first-order valence-electron chi connectivity index (χ1n) is 8.92. The molecular formula is C20H24N2O5. The van der Waals surface area contributed by atoms with Crippen LogP contribution in [0.4, 0.5) is 0 Å². The number of nitrogens with one attached hydrogen (secondary N) is 2. The number of benzene rings is 1. The fraction of sp³-hybridized carbons (Fsp3) is 0.350. The highest BCUT2D eigenvalue weighted by molar-refractivity contribution is 5.96. The van der Waals surface area contributed by atoms with Gasteiger partial charge in [-0.1, -0.05) is 50.1 Å². The smallest absolute Gasteiger partial charge is 0.326 e. The van der Waals surface area contributed by atoms with Gasteiger partial charge in [0.25, 0.3) is 5.91 Å². The molecule has 7 heteroatoms. The van der Waals surface area contributed by atoms with Crippen LogP contribution in [0.1, 0.15) is 42.3 Å². The quantitative estimate of drug-likeness (QED) is 0.593. The summed E-state index contributed by atoms with van der Waals surface area (Å²) >= 11 is 0. The van der Waals surface area contributed by atoms with Gasteiger partial charge in [-0.05, 0) is 24.1 Å². The predicted molar refractivity (Wildman–Crippen MR) is 99.2 cm³/mol. The van der Waals surface area contributed by atoms with Crippen molar-refractivity contribution in [3.63, 3.8) is 0 Å². The zero-order valence-electron chi connectivity index (χ0n) is 15.2. The average Bonchev–Trinajstić information content (AvgIpc) is 3.20. The fourth-order valence-electron chi connectivity index (χ4n) is 2.63. The lowest BCUT2D eigenvalue weighted by molar-refractivity contribution is -0.142. The molecule has 1 unspecified atom stereocenters. The molecule has 0 radical (unpaired) electrons. The molecule has 1 aromatic heterocycles. The van der Waals surface area contributed by atoms with Crippen LogP contribution in [-0.2, 0) is 16.0 Å². The first kappa shape index (κ1) is 20.2. The van der Waals surface area contributed by atoms with Gasteiger partial charge in [0, 0.05) is 6.42 Å². The summed E-state index contributed by atoms with van der Waals surface area (Å²) in [5.41, 5.74) is 0.845. The maximum absolute atomic E-state index is 12.7. The SMILES string of the molecule is CCCC[C@H](NC(=O)C(Cc1ccccc1)NC(=O)c1ccco1)C(=O)O. The van der Waals surface area contributed by atoms with Crippen molar-refractivity contribution in [1.82, 2.24) is 10.6 Å². The van der Waals surface area contributed by atoms with E-state index >= 15 is 0 Å². The summed E-state index contributed by atoms with van der Waals surface area (Å²) in [6.07, 6.45) is 3.44. The molecule has 2 rings (SSSR count). The largest absolute Gasteiger partial charge is 0.480 e. The van der Waals surface area contributed by atoms with Crippen LogP contribution in [0.15, 0.2) is 53.1 Å². The number of rotatable bonds is 10. The van der Waals surface area contributed by atoms with E-state index in [-0.39, 0.29) is 12.2 Å². The molecule has 0 saturated carbocycles. The maximum Gasteiger partial charge on any atom is 0.326 e. The van der Waals surface area contributed by atoms with Crippen LogP contribution in [0.3, 0.4) is 0 Å². The van der Waals surface area contributed by atoms with Crippen LogP contribution in [0.25, 0.3) is 0 Å². The second kappa shape index (κ2) is 10.2. The van der Waals surface area contributed by atoms with Gasteiger partial charge in [0.1, 0.15) is 12.1 Å². The summed E-state index contributed by atoms with van der Waals surface area (Å²) in [4.78, 5) is 36.4. The minimum Gasteiger partial charge on any atom is -0.480 e. The molecule has 2 amide bonds. The van der Waals surface area contributed by atoms with Crippen molar-refractivity contribution >= 4 is 17.8 Å². The summed E-state index contributed by atoms with van der Waals surface area (Å²) < 4.78 is 5.06. The molecule has 0 aliphatic carbocycles. The van der Waals surface area contributed by atoms with Crippen molar-refractivity contribution in [3.8, 4) is 0 Å². The standard InChI is InChI=1S/C20H24N2O5/c1-2-3-10-15(20(25)26)21-18(23)16(13-14-8-5-4-6-9-14)22-19(24)17-11-7-12-27-17/h4-9,11-12,15-16H,2-3,10,13H2,1H3,(H,21,23)(H,22,24)(H,25,26)/t15-,16?/m0/s1. The van der Waals surface area contributed by atoms with E-state index in [0.29, 0.717) is 12.8 Å². The Morgan fingerprint density at radius 2 is 1.78 bits per heavy atom. The molecular weight excluding hydrogens is 348 g/mol. The number of carboxylic acid groups (broad SMARTS) is 1. The summed E-state index contributed by atoms with van der Waals surface area (Å²) in [5, 5.41) is 14.5. The maximum atomic E-state index is 12.7. The van der Waals surface area contributed by atoms with E-state index in [1.807, 2.05) is 37.3 Å². The molecule has 0 aliphatic rings. The van der Waals surface area contributed by atoms with Gasteiger partial charge in [0.05, 0.1) is 6.26 Å². The monoisotopic (exact) mass is 372 g/mol. The molecule has 0 fully saturated rings. The molecule has 144 valence electrons. The molecule has 2 atom stereocenters. The Hall–Kier alpha value is -3.09. The van der Waals surface area contributed by atoms with E-state index in [9.17, 15) is 19.5 Å². The molecule has 0 spiro atoms. The minimum atomic E-state index is -1.09. The summed E-state index contributed by atoms with van der Waals surface area (Å²) in [6, 6.07) is 10.4. The number of hydrogen-bond acceptors (Lipinski definition) is 4. The second-order valence-corrected chi connectivity index (χ2v) is 6.23. The zero-order valence-corrected chi connectivity index (χ0v) is 15.2. The number of carboxylic acids is 1. The lowest BCUT2D eigenvalue weighted by Gasteiger charge is -2.21. The predicted octanol–water partition coefficient (Wildman–Crippen LogP) is 2.38. The van der Waals surface area contributed by atoms with Crippen molar-refractivity contribution in [1.29, 1.82) is 0 Å². The Bertz CT molecular complexity index is 743. The highest BCUT2D eigenvalue weighted by atomic mass is 16.4. The Kier molecular flexibility index (Phi) is 7.61. The Labute approximate surface area is 157 Å². The van der Waals surface area contributed by atoms with Gasteiger partial charge in [-0.3, -0.25) is 9.59 Å². The second-order valence-electron chi connectivity index (χ2n) is 6.23. The van der Waals surface area contributed by atoms with Crippen molar-refractivity contribution in [2.24, 2.45) is 0 Å². The summed E-state index contributed by atoms with van der Waals surface area (Å²) in [5.74, 6) is -2.08. The van der Waals surface area contributed by atoms with Gasteiger partial charge in [0.15, 0.2) is 5.76 Å². The Morgan fingerprint density at radius 1 is 1.04 bits per heavy atom. The first-order chi connectivity index (χ1) is 13.0. The summed E-state index contributed by atoms with van der Waals surface area (Å²) in [6.45, 7) is 1.95. The van der Waals surface area contributed by atoms with Gasteiger partial charge >= 0.3 is 5.97 Å². The third-order valence-electron chi connectivity index (χ3n) is 4.11. The van der Waals surface area contributed by atoms with Gasteiger partial charge in [-0.15, -0.1) is 0 Å². The van der Waals surface area contributed by atoms with Crippen LogP contribution in [0, 0.1) is 0 Å². The van der Waals surface area contributed by atoms with Crippen LogP contribution in [0.2, 0.25) is 0 Å². The zero-order chi connectivity index (χ0) is 19.6. The lowest BCUT2D eigenvalue weighted by atomic mass is 10.0. The number of carbonyl (C=O) groups excluding carboxylic acids is 2. The minimum absolute atomic E-state index is 0.0848. The molecule has 0 bridgehead atoms. The topological polar surface area (TPSA) is 109 Å². The highest BCUT2D eigenvalue weighted by Gasteiger charge is 2.27. The third kappa shape index (κ3) is 6.29. The number of aliphatic carboxylic acids is 1. The Balaban J connectivity index is 2.12. The van der Waals surface area contributed by atoms with E-state index < -0.39 is 29.9 Å². The number of furan rings is 1. The third-order valence-corrected chi connectivity index (χ3v) is 4.11. The van der Waals surface area contributed by atoms with Gasteiger partial charge in [0.2, 0.25) is 5.91 Å². The van der Waals surface area contributed by atoms with Crippen molar-refractivity contribution in [3.05, 3.63) is 60.1 Å². The van der Waals surface area contributed by atoms with Crippen LogP contribution in [0.5, 0.6) is 0 Å². The molecule has 7 nitrogen and oxygen atoms in total. The van der Waals surface area contributed by atoms with Crippen molar-refractivity contribution < 1.29 is 23.9 Å². The van der Waals surface area contributed by atoms with Crippen LogP contribution in [-0.4, -0.2) is 35.0 Å². The molecule has 3 N–H and O–H groups in total. The van der Waals surface area contributed by atoms with E-state index in [1.54, 1.807) is 6.07 Å². The Morgan fingerprint density at radius 3 is 2.37 bits per heavy atom. The highest BCUT2D eigenvalue weighted by Crippen LogP contribution is 2.08. The van der Waals surface area contributed by atoms with Crippen LogP contribution < -0.4 is 10.6 Å². The average molecular weight is 372 g/mol. The number of amides is 2. The normalized spacial score (nSPS) is 12.8. The molecule has 0 saturated heterocycles. The molecule has 2 aromatic rings. The number of unbranched alkanes of at least 4 members (excludes halogenated alkanes) is 1. The first-order valence-corrected chi connectivity index (χ1v) is 8.92. The fourth-order valence-corrected chi connectivity index (χ4v) is 2.63. The number of carbonyl (C=O) groups is 3. The summed E-state index contributed by atoms with van der Waals surface area (Å²) in [7, 11) is 0. The van der Waals surface area contributed by atoms with Crippen molar-refractivity contribution in [2.75, 3.05) is 0 Å². The van der Waals surface area contributed by atoms with E-state index in [1.165, 1.54) is 12.3 Å². The number of hydrogen-bond donors (Lipinski definition) is 3. The van der Waals surface area contributed by atoms with E-state index in [0.717, 1.165) is 12.0 Å². The molecule has 27 heavy (non-hydrogen) atoms. The molecule has 0 aliphatic heterocycles. The van der Waals surface area contributed by atoms with Crippen LogP contribution >= 0.6 is 0 Å². The van der Waals surface area contributed by atoms with Crippen molar-refractivity contribution in [2.45, 2.75) is 44.7 Å². The van der Waals surface area contributed by atoms with E-state index in [2.05, 4.69) is 10.6 Å². The molecule has 1 heterocycles. The lowest BCUT2D eigenvalue weighted by Crippen LogP contribution is -2.52. The van der Waals surface area contributed by atoms with Gasteiger partial charge in [-0.2, -0.15) is 0 Å². The van der Waals surface area contributed by atoms with Gasteiger partial charge in [-0.25, -0.2) is 4.79 Å². The molecule has 1 aromatic carbocycles. The van der Waals surface area contributed by atoms with Gasteiger partial charge < -0.3 is 20.2 Å². The van der Waals surface area contributed by atoms with E-state index in [4.69, 9.17) is 4.42 Å².